The molecule has 0 amide bonds. The Balaban J connectivity index is 2.07. The number of nitrogens with one attached hydrogen (secondary N) is 1. The smallest absolute Gasteiger partial charge is 0.381 e. The van der Waals surface area contributed by atoms with Gasteiger partial charge in [-0.05, 0) is 17.7 Å². The molecule has 7 nitrogen and oxygen atoms in total. The minimum absolute atomic E-state index is 0.0279. The lowest BCUT2D eigenvalue weighted by molar-refractivity contribution is -0.384. The molecule has 0 radical (unpaired) electrons. The maximum atomic E-state index is 12.4. The van der Waals surface area contributed by atoms with E-state index in [1.165, 1.54) is 30.3 Å². The molecule has 0 heterocycles. The maximum absolute atomic E-state index is 12.4. The van der Waals surface area contributed by atoms with Crippen LogP contribution >= 0.6 is 0 Å². The van der Waals surface area contributed by atoms with Gasteiger partial charge in [0.2, 0.25) is 0 Å². The van der Waals surface area contributed by atoms with Crippen LogP contribution in [-0.4, -0.2) is 13.3 Å². The van der Waals surface area contributed by atoms with E-state index in [1.807, 2.05) is 0 Å². The standard InChI is InChI=1S/C13H11FN2O5S/c14-22(19,20)21-13-6-2-4-11(8-13)15-9-10-3-1-5-12(7-10)16(17)18/h1-8,15H,9H2. The average Bonchev–Trinajstić information content (AvgIpc) is 2.44. The van der Waals surface area contributed by atoms with Crippen LogP contribution in [0.25, 0.3) is 0 Å². The van der Waals surface area contributed by atoms with Gasteiger partial charge in [0, 0.05) is 30.4 Å². The Morgan fingerprint density at radius 3 is 2.59 bits per heavy atom. The number of non-ortho nitro benzene ring substituents is 1. The topological polar surface area (TPSA) is 98.5 Å². The van der Waals surface area contributed by atoms with Crippen molar-refractivity contribution in [3.8, 4) is 5.75 Å². The van der Waals surface area contributed by atoms with Gasteiger partial charge >= 0.3 is 10.5 Å². The molecular formula is C13H11FN2O5S. The van der Waals surface area contributed by atoms with Crippen molar-refractivity contribution in [3.05, 3.63) is 64.2 Å². The van der Waals surface area contributed by atoms with Crippen LogP contribution in [0, 0.1) is 10.1 Å². The lowest BCUT2D eigenvalue weighted by Crippen LogP contribution is -2.03. The van der Waals surface area contributed by atoms with Gasteiger partial charge in [0.15, 0.2) is 0 Å². The summed E-state index contributed by atoms with van der Waals surface area (Å²) < 4.78 is 37.4. The van der Waals surface area contributed by atoms with Crippen molar-refractivity contribution in [2.45, 2.75) is 6.54 Å². The monoisotopic (exact) mass is 326 g/mol. The minimum atomic E-state index is -5.08. The lowest BCUT2D eigenvalue weighted by atomic mass is 10.2. The van der Waals surface area contributed by atoms with E-state index in [-0.39, 0.29) is 18.0 Å². The van der Waals surface area contributed by atoms with Crippen molar-refractivity contribution in [1.82, 2.24) is 0 Å². The van der Waals surface area contributed by atoms with E-state index in [9.17, 15) is 22.4 Å². The van der Waals surface area contributed by atoms with Gasteiger partial charge < -0.3 is 9.50 Å². The first-order chi connectivity index (χ1) is 10.3. The van der Waals surface area contributed by atoms with Crippen molar-refractivity contribution < 1.29 is 21.4 Å². The van der Waals surface area contributed by atoms with Crippen molar-refractivity contribution in [2.24, 2.45) is 0 Å². The summed E-state index contributed by atoms with van der Waals surface area (Å²) in [5.74, 6) is -0.174. The number of hydrogen-bond donors (Lipinski definition) is 1. The Hall–Kier alpha value is -2.68. The number of halogens is 1. The van der Waals surface area contributed by atoms with E-state index in [0.29, 0.717) is 11.3 Å². The molecule has 0 saturated carbocycles. The third-order valence-electron chi connectivity index (χ3n) is 2.65. The highest BCUT2D eigenvalue weighted by Gasteiger charge is 2.10. The Bertz CT molecular complexity index is 795. The molecule has 0 spiro atoms. The molecule has 0 bridgehead atoms. The predicted octanol–water partition coefficient (Wildman–Crippen LogP) is 2.80. The van der Waals surface area contributed by atoms with Crippen LogP contribution < -0.4 is 9.50 Å². The van der Waals surface area contributed by atoms with Gasteiger partial charge in [0.1, 0.15) is 5.75 Å². The molecule has 0 fully saturated rings. The summed E-state index contributed by atoms with van der Waals surface area (Å²) in [5.41, 5.74) is 1.12. The molecule has 9 heteroatoms. The van der Waals surface area contributed by atoms with Crippen LogP contribution in [0.4, 0.5) is 15.3 Å². The first kappa shape index (κ1) is 15.7. The van der Waals surface area contributed by atoms with Gasteiger partial charge in [0.25, 0.3) is 5.69 Å². The summed E-state index contributed by atoms with van der Waals surface area (Å²) in [5, 5.41) is 13.6. The van der Waals surface area contributed by atoms with Gasteiger partial charge in [-0.2, -0.15) is 8.42 Å². The van der Waals surface area contributed by atoms with Gasteiger partial charge in [0.05, 0.1) is 4.92 Å². The van der Waals surface area contributed by atoms with E-state index in [0.717, 1.165) is 0 Å². The zero-order valence-corrected chi connectivity index (χ0v) is 11.9. The first-order valence-electron chi connectivity index (χ1n) is 6.05. The van der Waals surface area contributed by atoms with Gasteiger partial charge in [-0.3, -0.25) is 10.1 Å². The van der Waals surface area contributed by atoms with E-state index >= 15 is 0 Å². The van der Waals surface area contributed by atoms with Crippen molar-refractivity contribution in [3.63, 3.8) is 0 Å². The molecule has 0 aliphatic carbocycles. The second-order valence-corrected chi connectivity index (χ2v) is 5.24. The third kappa shape index (κ3) is 4.70. The summed E-state index contributed by atoms with van der Waals surface area (Å²) in [6, 6.07) is 11.7. The van der Waals surface area contributed by atoms with Gasteiger partial charge in [-0.15, -0.1) is 0 Å². The molecule has 0 aromatic heterocycles. The van der Waals surface area contributed by atoms with Crippen LogP contribution in [0.2, 0.25) is 0 Å². The summed E-state index contributed by atoms with van der Waals surface area (Å²) in [6.45, 7) is 0.271. The summed E-state index contributed by atoms with van der Waals surface area (Å²) in [7, 11) is -5.08. The molecule has 116 valence electrons. The van der Waals surface area contributed by atoms with Crippen molar-refractivity contribution in [2.75, 3.05) is 5.32 Å². The number of nitro benzene ring substituents is 1. The van der Waals surface area contributed by atoms with Crippen molar-refractivity contribution in [1.29, 1.82) is 0 Å². The molecule has 22 heavy (non-hydrogen) atoms. The Morgan fingerprint density at radius 1 is 1.18 bits per heavy atom. The molecule has 0 saturated heterocycles. The fraction of sp³-hybridized carbons (Fsp3) is 0.0769. The van der Waals surface area contributed by atoms with E-state index < -0.39 is 15.4 Å². The number of nitro groups is 1. The molecule has 2 rings (SSSR count). The van der Waals surface area contributed by atoms with Crippen LogP contribution in [0.3, 0.4) is 0 Å². The molecule has 0 aliphatic rings. The number of rotatable bonds is 6. The highest BCUT2D eigenvalue weighted by Crippen LogP contribution is 2.20. The predicted molar refractivity (Wildman–Crippen MR) is 77.5 cm³/mol. The Labute approximate surface area is 125 Å². The molecule has 0 unspecified atom stereocenters. The van der Waals surface area contributed by atoms with E-state index in [1.54, 1.807) is 18.2 Å². The second-order valence-electron chi connectivity index (χ2n) is 4.28. The zero-order valence-electron chi connectivity index (χ0n) is 11.1. The van der Waals surface area contributed by atoms with Crippen LogP contribution in [0.5, 0.6) is 5.75 Å². The first-order valence-corrected chi connectivity index (χ1v) is 7.36. The quantitative estimate of drug-likeness (QED) is 0.498. The number of anilines is 1. The molecule has 1 N–H and O–H groups in total. The van der Waals surface area contributed by atoms with E-state index in [2.05, 4.69) is 9.50 Å². The zero-order chi connectivity index (χ0) is 16.2. The lowest BCUT2D eigenvalue weighted by Gasteiger charge is -2.08. The normalized spacial score (nSPS) is 11.0. The fourth-order valence-corrected chi connectivity index (χ4v) is 2.09. The number of benzene rings is 2. The van der Waals surface area contributed by atoms with Crippen LogP contribution in [-0.2, 0) is 17.0 Å². The third-order valence-corrected chi connectivity index (χ3v) is 3.04. The number of hydrogen-bond acceptors (Lipinski definition) is 6. The summed E-state index contributed by atoms with van der Waals surface area (Å²) >= 11 is 0. The highest BCUT2D eigenvalue weighted by molar-refractivity contribution is 7.81. The van der Waals surface area contributed by atoms with Crippen LogP contribution in [0.1, 0.15) is 5.56 Å². The Kier molecular flexibility index (Phi) is 4.56. The second kappa shape index (κ2) is 6.39. The van der Waals surface area contributed by atoms with Crippen molar-refractivity contribution >= 4 is 21.9 Å². The molecule has 0 atom stereocenters. The average molecular weight is 326 g/mol. The van der Waals surface area contributed by atoms with Gasteiger partial charge in [-0.25, -0.2) is 0 Å². The molecule has 2 aromatic rings. The molecule has 0 aliphatic heterocycles. The SMILES string of the molecule is O=[N+]([O-])c1cccc(CNc2cccc(OS(=O)(=O)F)c2)c1. The highest BCUT2D eigenvalue weighted by atomic mass is 32.3. The summed E-state index contributed by atoms with van der Waals surface area (Å²) in [4.78, 5) is 10.2. The fourth-order valence-electron chi connectivity index (χ4n) is 1.76. The molecule has 2 aromatic carbocycles. The Morgan fingerprint density at radius 2 is 1.91 bits per heavy atom. The summed E-state index contributed by atoms with van der Waals surface area (Å²) in [6.07, 6.45) is 0. The largest absolute Gasteiger partial charge is 0.488 e. The minimum Gasteiger partial charge on any atom is -0.381 e. The molecular weight excluding hydrogens is 315 g/mol. The van der Waals surface area contributed by atoms with Crippen LogP contribution in [0.15, 0.2) is 48.5 Å². The maximum Gasteiger partial charge on any atom is 0.488 e. The van der Waals surface area contributed by atoms with Gasteiger partial charge in [-0.1, -0.05) is 22.1 Å². The number of nitrogens with zero attached hydrogens (tertiary/aromatic N) is 1. The van der Waals surface area contributed by atoms with E-state index in [4.69, 9.17) is 0 Å².